The highest BCUT2D eigenvalue weighted by Gasteiger charge is 2.11. The van der Waals surface area contributed by atoms with Crippen LogP contribution in [-0.2, 0) is 0 Å². The minimum Gasteiger partial charge on any atom is -0.493 e. The summed E-state index contributed by atoms with van der Waals surface area (Å²) >= 11 is 6.10. The Balaban J connectivity index is 2.89. The van der Waals surface area contributed by atoms with Crippen LogP contribution in [0.3, 0.4) is 0 Å². The van der Waals surface area contributed by atoms with E-state index < -0.39 is 0 Å². The van der Waals surface area contributed by atoms with E-state index in [1.54, 1.807) is 12.1 Å². The third-order valence-electron chi connectivity index (χ3n) is 2.24. The lowest BCUT2D eigenvalue weighted by molar-refractivity contribution is 0.251. The van der Waals surface area contributed by atoms with Crippen molar-refractivity contribution in [2.75, 3.05) is 34.4 Å². The molecule has 100 valence electrons. The maximum Gasteiger partial charge on any atom is 0.179 e. The van der Waals surface area contributed by atoms with Crippen LogP contribution in [0.4, 0.5) is 0 Å². The van der Waals surface area contributed by atoms with Crippen molar-refractivity contribution in [3.8, 4) is 11.5 Å². The lowest BCUT2D eigenvalue weighted by Crippen LogP contribution is -2.19. The lowest BCUT2D eigenvalue weighted by atomic mass is 10.2. The van der Waals surface area contributed by atoms with Gasteiger partial charge in [-0.3, -0.25) is 0 Å². The topological polar surface area (TPSA) is 54.3 Å². The van der Waals surface area contributed by atoms with Gasteiger partial charge in [-0.1, -0.05) is 16.8 Å². The number of halogens is 1. The minimum absolute atomic E-state index is 0.419. The molecule has 1 rings (SSSR count). The van der Waals surface area contributed by atoms with Gasteiger partial charge >= 0.3 is 0 Å². The molecular weight excluding hydrogens is 256 g/mol. The number of benzene rings is 1. The first-order valence-electron chi connectivity index (χ1n) is 5.41. The molecule has 0 amide bonds. The van der Waals surface area contributed by atoms with Gasteiger partial charge in [0.15, 0.2) is 11.5 Å². The van der Waals surface area contributed by atoms with Gasteiger partial charge in [0.05, 0.1) is 18.3 Å². The van der Waals surface area contributed by atoms with Crippen LogP contribution in [0.1, 0.15) is 5.56 Å². The molecule has 18 heavy (non-hydrogen) atoms. The monoisotopic (exact) mass is 272 g/mol. The summed E-state index contributed by atoms with van der Waals surface area (Å²) in [6, 6.07) is 3.34. The zero-order chi connectivity index (χ0) is 13.5. The first-order valence-corrected chi connectivity index (χ1v) is 5.78. The van der Waals surface area contributed by atoms with Gasteiger partial charge in [-0.2, -0.15) is 0 Å². The van der Waals surface area contributed by atoms with Crippen molar-refractivity contribution in [2.45, 2.75) is 0 Å². The minimum atomic E-state index is 0.419. The van der Waals surface area contributed by atoms with E-state index in [0.29, 0.717) is 28.7 Å². The van der Waals surface area contributed by atoms with Crippen LogP contribution in [0.2, 0.25) is 5.02 Å². The van der Waals surface area contributed by atoms with Crippen LogP contribution < -0.4 is 9.47 Å². The second kappa shape index (κ2) is 7.08. The number of hydrogen-bond acceptors (Lipinski definition) is 5. The predicted molar refractivity (Wildman–Crippen MR) is 71.4 cm³/mol. The summed E-state index contributed by atoms with van der Waals surface area (Å²) in [4.78, 5) is 2.01. The Labute approximate surface area is 112 Å². The quantitative estimate of drug-likeness (QED) is 0.489. The summed E-state index contributed by atoms with van der Waals surface area (Å²) in [6.07, 6.45) is 1.28. The van der Waals surface area contributed by atoms with Crippen molar-refractivity contribution >= 4 is 17.8 Å². The molecule has 0 atom stereocenters. The normalized spacial score (nSPS) is 11.2. The number of oxime groups is 1. The largest absolute Gasteiger partial charge is 0.493 e. The Bertz CT molecular complexity index is 422. The van der Waals surface area contributed by atoms with Gasteiger partial charge in [0.2, 0.25) is 0 Å². The molecule has 0 bridgehead atoms. The van der Waals surface area contributed by atoms with Crippen molar-refractivity contribution in [2.24, 2.45) is 5.16 Å². The smallest absolute Gasteiger partial charge is 0.179 e. The fraction of sp³-hybridized carbons (Fsp3) is 0.417. The first-order chi connectivity index (χ1) is 8.58. The summed E-state index contributed by atoms with van der Waals surface area (Å²) in [5, 5.41) is 11.9. The van der Waals surface area contributed by atoms with Crippen molar-refractivity contribution in [1.29, 1.82) is 0 Å². The van der Waals surface area contributed by atoms with Gasteiger partial charge in [0.1, 0.15) is 6.61 Å². The molecule has 0 aromatic heterocycles. The van der Waals surface area contributed by atoms with E-state index in [0.717, 1.165) is 6.54 Å². The molecule has 6 heteroatoms. The van der Waals surface area contributed by atoms with Crippen molar-refractivity contribution in [1.82, 2.24) is 4.90 Å². The van der Waals surface area contributed by atoms with Crippen molar-refractivity contribution < 1.29 is 14.7 Å². The molecule has 5 nitrogen and oxygen atoms in total. The number of rotatable bonds is 6. The average Bonchev–Trinajstić information content (AvgIpc) is 2.31. The molecule has 0 aliphatic rings. The van der Waals surface area contributed by atoms with Crippen LogP contribution in [-0.4, -0.2) is 50.7 Å². The van der Waals surface area contributed by atoms with Crippen molar-refractivity contribution in [3.63, 3.8) is 0 Å². The highest BCUT2D eigenvalue weighted by Crippen LogP contribution is 2.35. The maximum atomic E-state index is 8.49. The molecule has 0 unspecified atom stereocenters. The van der Waals surface area contributed by atoms with Crippen LogP contribution in [0.25, 0.3) is 0 Å². The molecule has 0 radical (unpaired) electrons. The van der Waals surface area contributed by atoms with Gasteiger partial charge in [0.25, 0.3) is 0 Å². The molecule has 0 aliphatic heterocycles. The molecule has 0 fully saturated rings. The number of methoxy groups -OCH3 is 1. The van der Waals surface area contributed by atoms with E-state index in [-0.39, 0.29) is 0 Å². The molecule has 1 aromatic carbocycles. The molecule has 0 saturated heterocycles. The summed E-state index contributed by atoms with van der Waals surface area (Å²) in [7, 11) is 5.45. The zero-order valence-corrected chi connectivity index (χ0v) is 11.4. The Hall–Kier alpha value is -1.46. The van der Waals surface area contributed by atoms with Gasteiger partial charge in [-0.25, -0.2) is 0 Å². The summed E-state index contributed by atoms with van der Waals surface area (Å²) < 4.78 is 10.8. The number of likely N-dealkylation sites (N-methyl/N-ethyl adjacent to an activating group) is 1. The maximum absolute atomic E-state index is 8.49. The van der Waals surface area contributed by atoms with Crippen LogP contribution in [0.15, 0.2) is 17.3 Å². The molecule has 0 saturated carbocycles. The molecular formula is C12H17ClN2O3. The van der Waals surface area contributed by atoms with E-state index >= 15 is 0 Å². The lowest BCUT2D eigenvalue weighted by Gasteiger charge is -2.15. The molecule has 1 N–H and O–H groups in total. The van der Waals surface area contributed by atoms with E-state index in [4.69, 9.17) is 26.3 Å². The zero-order valence-electron chi connectivity index (χ0n) is 10.7. The second-order valence-electron chi connectivity index (χ2n) is 3.93. The first kappa shape index (κ1) is 14.6. The van der Waals surface area contributed by atoms with Crippen LogP contribution >= 0.6 is 11.6 Å². The Morgan fingerprint density at radius 1 is 1.44 bits per heavy atom. The number of hydrogen-bond donors (Lipinski definition) is 1. The molecule has 0 heterocycles. The van der Waals surface area contributed by atoms with E-state index in [1.807, 2.05) is 19.0 Å². The Kier molecular flexibility index (Phi) is 5.74. The summed E-state index contributed by atoms with van der Waals surface area (Å²) in [5.41, 5.74) is 0.638. The fourth-order valence-corrected chi connectivity index (χ4v) is 1.63. The fourth-order valence-electron chi connectivity index (χ4n) is 1.35. The van der Waals surface area contributed by atoms with E-state index in [9.17, 15) is 0 Å². The SMILES string of the molecule is COc1cc(C=NO)cc(Cl)c1OCCN(C)C. The third-order valence-corrected chi connectivity index (χ3v) is 2.52. The molecule has 1 aromatic rings. The van der Waals surface area contributed by atoms with Crippen LogP contribution in [0, 0.1) is 0 Å². The molecule has 0 spiro atoms. The van der Waals surface area contributed by atoms with Crippen LogP contribution in [0.5, 0.6) is 11.5 Å². The van der Waals surface area contributed by atoms with Gasteiger partial charge in [-0.15, -0.1) is 0 Å². The predicted octanol–water partition coefficient (Wildman–Crippen LogP) is 2.10. The Morgan fingerprint density at radius 2 is 2.17 bits per heavy atom. The highest BCUT2D eigenvalue weighted by atomic mass is 35.5. The third kappa shape index (κ3) is 4.09. The number of nitrogens with zero attached hydrogens (tertiary/aromatic N) is 2. The molecule has 0 aliphatic carbocycles. The van der Waals surface area contributed by atoms with E-state index in [2.05, 4.69) is 5.16 Å². The van der Waals surface area contributed by atoms with Crippen molar-refractivity contribution in [3.05, 3.63) is 22.7 Å². The van der Waals surface area contributed by atoms with Gasteiger partial charge in [0, 0.05) is 12.1 Å². The van der Waals surface area contributed by atoms with E-state index in [1.165, 1.54) is 13.3 Å². The average molecular weight is 273 g/mol. The summed E-state index contributed by atoms with van der Waals surface area (Å²) in [6.45, 7) is 1.29. The number of ether oxygens (including phenoxy) is 2. The van der Waals surface area contributed by atoms with Gasteiger partial charge < -0.3 is 19.6 Å². The summed E-state index contributed by atoms with van der Waals surface area (Å²) in [5.74, 6) is 1.01. The Morgan fingerprint density at radius 3 is 2.72 bits per heavy atom. The highest BCUT2D eigenvalue weighted by molar-refractivity contribution is 6.32. The standard InChI is InChI=1S/C12H17ClN2O3/c1-15(2)4-5-18-12-10(13)6-9(8-14-16)7-11(12)17-3/h6-8,16H,4-5H2,1-3H3. The van der Waals surface area contributed by atoms with Gasteiger partial charge in [-0.05, 0) is 26.2 Å². The second-order valence-corrected chi connectivity index (χ2v) is 4.34.